The van der Waals surface area contributed by atoms with Gasteiger partial charge in [0.2, 0.25) is 0 Å². The van der Waals surface area contributed by atoms with E-state index in [2.05, 4.69) is 4.74 Å². The lowest BCUT2D eigenvalue weighted by Crippen LogP contribution is -2.36. The van der Waals surface area contributed by atoms with Crippen LogP contribution in [0.3, 0.4) is 0 Å². The van der Waals surface area contributed by atoms with E-state index >= 15 is 0 Å². The Hall–Kier alpha value is -3.75. The maximum atomic E-state index is 12.9. The second kappa shape index (κ2) is 8.09. The van der Waals surface area contributed by atoms with Gasteiger partial charge in [0.15, 0.2) is 5.78 Å². The van der Waals surface area contributed by atoms with Crippen LogP contribution in [0.4, 0.5) is 11.4 Å². The van der Waals surface area contributed by atoms with Crippen LogP contribution in [-0.2, 0) is 9.53 Å². The van der Waals surface area contributed by atoms with Gasteiger partial charge in [0.1, 0.15) is 11.7 Å². The maximum absolute atomic E-state index is 12.9. The van der Waals surface area contributed by atoms with Crippen molar-refractivity contribution in [2.75, 3.05) is 18.6 Å². The Morgan fingerprint density at radius 2 is 1.86 bits per heavy atom. The van der Waals surface area contributed by atoms with Gasteiger partial charge in [-0.1, -0.05) is 18.2 Å². The molecule has 2 aromatic rings. The lowest BCUT2D eigenvalue weighted by molar-refractivity contribution is -0.384. The van der Waals surface area contributed by atoms with Crippen LogP contribution in [0.25, 0.3) is 0 Å². The van der Waals surface area contributed by atoms with Gasteiger partial charge < -0.3 is 14.7 Å². The lowest BCUT2D eigenvalue weighted by atomic mass is 9.97. The monoisotopic (exact) mass is 398 g/mol. The molecule has 2 aromatic carbocycles. The number of anilines is 1. The van der Waals surface area contributed by atoms with Crippen molar-refractivity contribution in [3.8, 4) is 0 Å². The van der Waals surface area contributed by atoms with Crippen molar-refractivity contribution in [1.82, 2.24) is 0 Å². The summed E-state index contributed by atoms with van der Waals surface area (Å²) in [5.74, 6) is -2.32. The molecule has 0 aromatic heterocycles. The van der Waals surface area contributed by atoms with Gasteiger partial charge in [-0.15, -0.1) is 0 Å². The highest BCUT2D eigenvalue weighted by Gasteiger charge is 2.34. The van der Waals surface area contributed by atoms with Crippen LogP contribution < -0.4 is 4.90 Å². The quantitative estimate of drug-likeness (QED) is 0.340. The number of hydrogen-bond acceptors (Lipinski definition) is 7. The highest BCUT2D eigenvalue weighted by atomic mass is 16.6. The van der Waals surface area contributed by atoms with Gasteiger partial charge in [-0.3, -0.25) is 14.9 Å². The van der Waals surface area contributed by atoms with Crippen LogP contribution in [0.2, 0.25) is 0 Å². The summed E-state index contributed by atoms with van der Waals surface area (Å²) >= 11 is 0. The van der Waals surface area contributed by atoms with E-state index in [1.807, 2.05) is 0 Å². The summed E-state index contributed by atoms with van der Waals surface area (Å²) in [7, 11) is 1.19. The number of aliphatic carboxylic acids is 1. The first-order valence-electron chi connectivity index (χ1n) is 8.85. The van der Waals surface area contributed by atoms with Crippen molar-refractivity contribution >= 4 is 29.1 Å². The fourth-order valence-electron chi connectivity index (χ4n) is 3.49. The predicted octanol–water partition coefficient (Wildman–Crippen LogP) is 2.67. The molecule has 1 atom stereocenters. The van der Waals surface area contributed by atoms with Gasteiger partial charge in [-0.05, 0) is 31.0 Å². The molecule has 0 spiro atoms. The van der Waals surface area contributed by atoms with Gasteiger partial charge in [0, 0.05) is 23.7 Å². The summed E-state index contributed by atoms with van der Waals surface area (Å²) in [6.07, 6.45) is 0.987. The molecular weight excluding hydrogens is 380 g/mol. The summed E-state index contributed by atoms with van der Waals surface area (Å²) < 4.78 is 4.68. The average Bonchev–Trinajstić information content (AvgIpc) is 3.22. The van der Waals surface area contributed by atoms with Crippen LogP contribution in [-0.4, -0.2) is 47.4 Å². The average molecular weight is 398 g/mol. The van der Waals surface area contributed by atoms with Crippen LogP contribution in [0.1, 0.15) is 39.1 Å². The summed E-state index contributed by atoms with van der Waals surface area (Å²) in [5.41, 5.74) is -0.0803. The molecule has 1 N–H and O–H groups in total. The summed E-state index contributed by atoms with van der Waals surface area (Å²) in [6, 6.07) is 9.07. The first-order chi connectivity index (χ1) is 13.8. The highest BCUT2D eigenvalue weighted by Crippen LogP contribution is 2.35. The standard InChI is InChI=1S/C20H18N2O7/c1-29-20(26)14-6-3-2-5-13(14)18(23)12-8-9-15(17(11-12)22(27)28)21-10-4-7-16(21)19(24)25/h2-3,5-6,8-9,11,16H,4,7,10H2,1H3,(H,24,25)/t16-/m0/s1. The molecule has 0 unspecified atom stereocenters. The molecule has 0 aliphatic carbocycles. The molecular formula is C20H18N2O7. The second-order valence-corrected chi connectivity index (χ2v) is 6.52. The van der Waals surface area contributed by atoms with Gasteiger partial charge in [0.25, 0.3) is 5.69 Å². The molecule has 150 valence electrons. The molecule has 3 rings (SSSR count). The molecule has 0 radical (unpaired) electrons. The van der Waals surface area contributed by atoms with Crippen LogP contribution >= 0.6 is 0 Å². The molecule has 0 bridgehead atoms. The summed E-state index contributed by atoms with van der Waals surface area (Å²) in [5, 5.41) is 21.0. The van der Waals surface area contributed by atoms with Crippen LogP contribution in [0, 0.1) is 10.1 Å². The smallest absolute Gasteiger partial charge is 0.338 e. The normalized spacial score (nSPS) is 15.8. The number of ketones is 1. The van der Waals surface area contributed by atoms with Crippen molar-refractivity contribution in [2.45, 2.75) is 18.9 Å². The molecule has 9 heteroatoms. The number of hydrogen-bond donors (Lipinski definition) is 1. The van der Waals surface area contributed by atoms with E-state index in [9.17, 15) is 29.6 Å². The van der Waals surface area contributed by atoms with Gasteiger partial charge >= 0.3 is 11.9 Å². The third-order valence-electron chi connectivity index (χ3n) is 4.86. The number of carboxylic acid groups (broad SMARTS) is 1. The van der Waals surface area contributed by atoms with E-state index in [0.717, 1.165) is 6.07 Å². The Kier molecular flexibility index (Phi) is 5.58. The molecule has 29 heavy (non-hydrogen) atoms. The Morgan fingerprint density at radius 1 is 1.17 bits per heavy atom. The van der Waals surface area contributed by atoms with Crippen molar-refractivity contribution in [2.24, 2.45) is 0 Å². The van der Waals surface area contributed by atoms with Gasteiger partial charge in [0.05, 0.1) is 17.6 Å². The zero-order valence-corrected chi connectivity index (χ0v) is 15.5. The number of carbonyl (C=O) groups is 3. The molecule has 1 saturated heterocycles. The van der Waals surface area contributed by atoms with Crippen molar-refractivity contribution in [3.05, 3.63) is 69.3 Å². The fraction of sp³-hybridized carbons (Fsp3) is 0.250. The van der Waals surface area contributed by atoms with E-state index in [4.69, 9.17) is 0 Å². The zero-order valence-electron chi connectivity index (χ0n) is 15.5. The highest BCUT2D eigenvalue weighted by molar-refractivity contribution is 6.15. The van der Waals surface area contributed by atoms with Gasteiger partial charge in [-0.25, -0.2) is 9.59 Å². The summed E-state index contributed by atoms with van der Waals surface area (Å²) in [4.78, 5) is 48.8. The SMILES string of the molecule is COC(=O)c1ccccc1C(=O)c1ccc(N2CCC[C@H]2C(=O)O)c([N+](=O)[O-])c1. The van der Waals surface area contributed by atoms with E-state index in [0.29, 0.717) is 19.4 Å². The Morgan fingerprint density at radius 3 is 2.48 bits per heavy atom. The molecule has 0 saturated carbocycles. The molecule has 1 heterocycles. The fourth-order valence-corrected chi connectivity index (χ4v) is 3.49. The second-order valence-electron chi connectivity index (χ2n) is 6.52. The predicted molar refractivity (Wildman–Crippen MR) is 102 cm³/mol. The third-order valence-corrected chi connectivity index (χ3v) is 4.86. The minimum atomic E-state index is -1.05. The number of nitrogens with zero attached hydrogens (tertiary/aromatic N) is 2. The number of carbonyl (C=O) groups excluding carboxylic acids is 2. The number of methoxy groups -OCH3 is 1. The minimum Gasteiger partial charge on any atom is -0.480 e. The van der Waals surface area contributed by atoms with Crippen molar-refractivity contribution in [3.63, 3.8) is 0 Å². The molecule has 1 fully saturated rings. The Labute approximate surface area is 165 Å². The van der Waals surface area contributed by atoms with Gasteiger partial charge in [-0.2, -0.15) is 0 Å². The lowest BCUT2D eigenvalue weighted by Gasteiger charge is -2.23. The Balaban J connectivity index is 2.04. The Bertz CT molecular complexity index is 1000. The summed E-state index contributed by atoms with van der Waals surface area (Å²) in [6.45, 7) is 0.371. The van der Waals surface area contributed by atoms with E-state index in [1.54, 1.807) is 12.1 Å². The van der Waals surface area contributed by atoms with Crippen molar-refractivity contribution < 1.29 is 29.2 Å². The van der Waals surface area contributed by atoms with Crippen molar-refractivity contribution in [1.29, 1.82) is 0 Å². The number of rotatable bonds is 6. The van der Waals surface area contributed by atoms with E-state index < -0.39 is 28.7 Å². The molecule has 1 aliphatic heterocycles. The number of benzene rings is 2. The first kappa shape index (κ1) is 20.0. The molecule has 9 nitrogen and oxygen atoms in total. The zero-order chi connectivity index (χ0) is 21.1. The third kappa shape index (κ3) is 3.79. The minimum absolute atomic E-state index is 0.0166. The van der Waals surface area contributed by atoms with E-state index in [-0.39, 0.29) is 28.1 Å². The van der Waals surface area contributed by atoms with Crippen LogP contribution in [0.5, 0.6) is 0 Å². The topological polar surface area (TPSA) is 127 Å². The number of carboxylic acids is 1. The number of ether oxygens (including phenoxy) is 1. The maximum Gasteiger partial charge on any atom is 0.338 e. The first-order valence-corrected chi connectivity index (χ1v) is 8.85. The largest absolute Gasteiger partial charge is 0.480 e. The molecule has 1 aliphatic rings. The van der Waals surface area contributed by atoms with Crippen LogP contribution in [0.15, 0.2) is 42.5 Å². The number of esters is 1. The number of nitro groups is 1. The molecule has 0 amide bonds. The number of nitro benzene ring substituents is 1. The van der Waals surface area contributed by atoms with E-state index in [1.165, 1.54) is 36.3 Å².